The smallest absolute Gasteiger partial charge is 0.338 e. The lowest BCUT2D eigenvalue weighted by atomic mass is 10.1. The third-order valence-electron chi connectivity index (χ3n) is 1.75. The Balaban J connectivity index is 3.17. The number of aliphatic hydroxyl groups is 1. The predicted octanol–water partition coefficient (Wildman–Crippen LogP) is 1.20. The molecular formula is C9H8F2O3. The lowest BCUT2D eigenvalue weighted by molar-refractivity contribution is 0.0691. The Morgan fingerprint density at radius 3 is 2.43 bits per heavy atom. The van der Waals surface area contributed by atoms with Crippen LogP contribution >= 0.6 is 0 Å². The lowest BCUT2D eigenvalue weighted by Crippen LogP contribution is -2.05. The first kappa shape index (κ1) is 10.6. The monoisotopic (exact) mass is 202 g/mol. The zero-order valence-electron chi connectivity index (χ0n) is 7.13. The van der Waals surface area contributed by atoms with Crippen molar-refractivity contribution in [1.82, 2.24) is 0 Å². The van der Waals surface area contributed by atoms with Gasteiger partial charge in [-0.15, -0.1) is 0 Å². The second kappa shape index (κ2) is 4.15. The van der Waals surface area contributed by atoms with Crippen molar-refractivity contribution in [2.24, 2.45) is 0 Å². The molecule has 2 N–H and O–H groups in total. The Bertz CT molecular complexity index is 363. The van der Waals surface area contributed by atoms with E-state index in [9.17, 15) is 13.6 Å². The van der Waals surface area contributed by atoms with Crippen molar-refractivity contribution < 1.29 is 23.8 Å². The molecule has 0 spiro atoms. The van der Waals surface area contributed by atoms with Crippen molar-refractivity contribution in [1.29, 1.82) is 0 Å². The van der Waals surface area contributed by atoms with Gasteiger partial charge in [-0.05, 0) is 24.1 Å². The number of carbonyl (C=O) groups is 1. The number of rotatable bonds is 3. The summed E-state index contributed by atoms with van der Waals surface area (Å²) in [6.07, 6.45) is -0.0390. The van der Waals surface area contributed by atoms with Gasteiger partial charge in [0.15, 0.2) is 0 Å². The summed E-state index contributed by atoms with van der Waals surface area (Å²) < 4.78 is 26.0. The van der Waals surface area contributed by atoms with Gasteiger partial charge in [-0.3, -0.25) is 0 Å². The quantitative estimate of drug-likeness (QED) is 0.774. The van der Waals surface area contributed by atoms with E-state index in [0.29, 0.717) is 6.07 Å². The van der Waals surface area contributed by atoms with E-state index in [1.807, 2.05) is 0 Å². The maximum absolute atomic E-state index is 13.0. The topological polar surface area (TPSA) is 57.5 Å². The second-order valence-corrected chi connectivity index (χ2v) is 2.70. The maximum atomic E-state index is 13.0. The van der Waals surface area contributed by atoms with E-state index in [4.69, 9.17) is 10.2 Å². The molecule has 0 saturated carbocycles. The molecule has 1 aromatic rings. The Labute approximate surface area is 78.6 Å². The summed E-state index contributed by atoms with van der Waals surface area (Å²) in [5.74, 6) is -3.34. The molecule has 0 unspecified atom stereocenters. The highest BCUT2D eigenvalue weighted by molar-refractivity contribution is 5.87. The highest BCUT2D eigenvalue weighted by Gasteiger charge is 2.14. The molecule has 0 amide bonds. The van der Waals surface area contributed by atoms with Gasteiger partial charge in [0.2, 0.25) is 0 Å². The minimum atomic E-state index is -1.52. The number of hydrogen-bond acceptors (Lipinski definition) is 2. The van der Waals surface area contributed by atoms with Gasteiger partial charge in [0.25, 0.3) is 0 Å². The average molecular weight is 202 g/mol. The van der Waals surface area contributed by atoms with Gasteiger partial charge >= 0.3 is 5.97 Å². The van der Waals surface area contributed by atoms with Crippen LogP contribution in [-0.2, 0) is 6.42 Å². The number of aliphatic hydroxyl groups excluding tert-OH is 1. The van der Waals surface area contributed by atoms with E-state index in [0.717, 1.165) is 6.07 Å². The predicted molar refractivity (Wildman–Crippen MR) is 44.1 cm³/mol. The van der Waals surface area contributed by atoms with E-state index < -0.39 is 23.2 Å². The van der Waals surface area contributed by atoms with Crippen molar-refractivity contribution in [3.05, 3.63) is 34.9 Å². The van der Waals surface area contributed by atoms with Gasteiger partial charge in [0.05, 0.1) is 5.56 Å². The van der Waals surface area contributed by atoms with Crippen LogP contribution < -0.4 is 0 Å². The molecule has 5 heteroatoms. The summed E-state index contributed by atoms with van der Waals surface area (Å²) in [7, 11) is 0. The fourth-order valence-corrected chi connectivity index (χ4v) is 1.06. The molecule has 0 aliphatic carbocycles. The largest absolute Gasteiger partial charge is 0.478 e. The molecule has 0 aliphatic rings. The Hall–Kier alpha value is -1.49. The Morgan fingerprint density at radius 2 is 1.93 bits per heavy atom. The van der Waals surface area contributed by atoms with Gasteiger partial charge < -0.3 is 10.2 Å². The molecule has 76 valence electrons. The molecule has 0 bridgehead atoms. The summed E-state index contributed by atoms with van der Waals surface area (Å²) in [6, 6.07) is 1.40. The molecule has 0 heterocycles. The molecule has 0 atom stereocenters. The summed E-state index contributed by atoms with van der Waals surface area (Å²) in [6.45, 7) is -0.317. The van der Waals surface area contributed by atoms with Gasteiger partial charge in [0, 0.05) is 6.61 Å². The summed E-state index contributed by atoms with van der Waals surface area (Å²) in [4.78, 5) is 10.4. The normalized spacial score (nSPS) is 10.2. The number of carboxylic acid groups (broad SMARTS) is 1. The molecule has 3 nitrogen and oxygen atoms in total. The van der Waals surface area contributed by atoms with Crippen LogP contribution in [0.3, 0.4) is 0 Å². The second-order valence-electron chi connectivity index (χ2n) is 2.70. The van der Waals surface area contributed by atoms with Crippen LogP contribution in [0.4, 0.5) is 8.78 Å². The van der Waals surface area contributed by atoms with Crippen LogP contribution in [0, 0.1) is 11.6 Å². The van der Waals surface area contributed by atoms with E-state index in [1.165, 1.54) is 0 Å². The van der Waals surface area contributed by atoms with E-state index in [1.54, 1.807) is 0 Å². The first-order chi connectivity index (χ1) is 6.56. The third-order valence-corrected chi connectivity index (χ3v) is 1.75. The summed E-state index contributed by atoms with van der Waals surface area (Å²) >= 11 is 0. The van der Waals surface area contributed by atoms with Crippen molar-refractivity contribution in [2.45, 2.75) is 6.42 Å². The van der Waals surface area contributed by atoms with Gasteiger partial charge in [0.1, 0.15) is 11.6 Å². The molecule has 1 rings (SSSR count). The molecular weight excluding hydrogens is 194 g/mol. The SMILES string of the molecule is O=C(O)c1cc(F)c(CCO)cc1F. The Morgan fingerprint density at radius 1 is 1.29 bits per heavy atom. The first-order valence-corrected chi connectivity index (χ1v) is 3.88. The Kier molecular flexibility index (Phi) is 3.14. The number of aromatic carboxylic acids is 1. The zero-order valence-corrected chi connectivity index (χ0v) is 7.13. The highest BCUT2D eigenvalue weighted by Crippen LogP contribution is 2.15. The fraction of sp³-hybridized carbons (Fsp3) is 0.222. The molecule has 0 saturated heterocycles. The maximum Gasteiger partial charge on any atom is 0.338 e. The van der Waals surface area contributed by atoms with Crippen molar-refractivity contribution in [3.63, 3.8) is 0 Å². The van der Waals surface area contributed by atoms with E-state index >= 15 is 0 Å². The van der Waals surface area contributed by atoms with Crippen LogP contribution in [0.2, 0.25) is 0 Å². The average Bonchev–Trinajstić information content (AvgIpc) is 2.10. The third kappa shape index (κ3) is 2.05. The molecule has 0 aromatic heterocycles. The van der Waals surface area contributed by atoms with E-state index in [-0.39, 0.29) is 18.6 Å². The molecule has 14 heavy (non-hydrogen) atoms. The van der Waals surface area contributed by atoms with Crippen LogP contribution in [0.15, 0.2) is 12.1 Å². The minimum Gasteiger partial charge on any atom is -0.478 e. The summed E-state index contributed by atoms with van der Waals surface area (Å²) in [5.41, 5.74) is -0.737. The molecule has 0 radical (unpaired) electrons. The van der Waals surface area contributed by atoms with Crippen LogP contribution in [-0.4, -0.2) is 22.8 Å². The number of hydrogen-bond donors (Lipinski definition) is 2. The standard InChI is InChI=1S/C9H8F2O3/c10-7-4-6(9(13)14)8(11)3-5(7)1-2-12/h3-4,12H,1-2H2,(H,13,14). The fourth-order valence-electron chi connectivity index (χ4n) is 1.06. The molecule has 0 aliphatic heterocycles. The van der Waals surface area contributed by atoms with Crippen LogP contribution in [0.5, 0.6) is 0 Å². The van der Waals surface area contributed by atoms with Crippen molar-refractivity contribution in [2.75, 3.05) is 6.61 Å². The zero-order chi connectivity index (χ0) is 10.7. The van der Waals surface area contributed by atoms with Crippen molar-refractivity contribution >= 4 is 5.97 Å². The highest BCUT2D eigenvalue weighted by atomic mass is 19.1. The first-order valence-electron chi connectivity index (χ1n) is 3.88. The van der Waals surface area contributed by atoms with Gasteiger partial charge in [-0.2, -0.15) is 0 Å². The van der Waals surface area contributed by atoms with Gasteiger partial charge in [-0.1, -0.05) is 0 Å². The van der Waals surface area contributed by atoms with Gasteiger partial charge in [-0.25, -0.2) is 13.6 Å². The van der Waals surface area contributed by atoms with Crippen LogP contribution in [0.1, 0.15) is 15.9 Å². The minimum absolute atomic E-state index is 0.0324. The molecule has 0 fully saturated rings. The van der Waals surface area contributed by atoms with E-state index in [2.05, 4.69) is 0 Å². The number of carboxylic acids is 1. The lowest BCUT2D eigenvalue weighted by Gasteiger charge is -2.03. The van der Waals surface area contributed by atoms with Crippen LogP contribution in [0.25, 0.3) is 0 Å². The summed E-state index contributed by atoms with van der Waals surface area (Å²) in [5, 5.41) is 17.0. The van der Waals surface area contributed by atoms with Crippen molar-refractivity contribution in [3.8, 4) is 0 Å². The molecule has 1 aromatic carbocycles. The number of benzene rings is 1. The number of halogens is 2.